The number of hydrogen-bond donors (Lipinski definition) is 1. The number of carbonyl (C=O) groups excluding carboxylic acids is 1. The van der Waals surface area contributed by atoms with Crippen LogP contribution in [0.15, 0.2) is 36.9 Å². The highest BCUT2D eigenvalue weighted by molar-refractivity contribution is 6.67. The van der Waals surface area contributed by atoms with Crippen molar-refractivity contribution in [3.8, 4) is 0 Å². The second-order valence-corrected chi connectivity index (χ2v) is 4.30. The minimum atomic E-state index is -0.925. The lowest BCUT2D eigenvalue weighted by atomic mass is 10.2. The third-order valence-corrected chi connectivity index (χ3v) is 2.72. The molecule has 2 aromatic rings. The highest BCUT2D eigenvalue weighted by Crippen LogP contribution is 2.07. The Morgan fingerprint density at radius 1 is 0.958 bits per heavy atom. The Bertz CT molecular complexity index is 587. The van der Waals surface area contributed by atoms with Gasteiger partial charge in [0.1, 0.15) is 0 Å². The zero-order valence-corrected chi connectivity index (χ0v) is 14.6. The van der Waals surface area contributed by atoms with Gasteiger partial charge in [-0.2, -0.15) is 0 Å². The van der Waals surface area contributed by atoms with Gasteiger partial charge in [-0.05, 0) is 48.7 Å². The van der Waals surface area contributed by atoms with Crippen LogP contribution in [0.2, 0.25) is 0 Å². The zero-order valence-electron chi connectivity index (χ0n) is 12.2. The molecule has 0 fully saturated rings. The number of aromatic carboxylic acids is 1. The molecule has 0 amide bonds. The van der Waals surface area contributed by atoms with Crippen molar-refractivity contribution in [2.75, 3.05) is 0 Å². The van der Waals surface area contributed by atoms with Crippen LogP contribution in [0.25, 0.3) is 0 Å². The van der Waals surface area contributed by atoms with E-state index in [9.17, 15) is 9.59 Å². The molecule has 0 atom stereocenters. The molecule has 2 rings (SSSR count). The summed E-state index contributed by atoms with van der Waals surface area (Å²) in [7, 11) is 0. The molecule has 24 heavy (non-hydrogen) atoms. The number of aromatic nitrogens is 2. The number of carboxylic acids is 1. The molecule has 9 heteroatoms. The number of pyridine rings is 2. The van der Waals surface area contributed by atoms with Gasteiger partial charge in [-0.25, -0.2) is 4.79 Å². The van der Waals surface area contributed by atoms with E-state index in [1.807, 2.05) is 6.92 Å². The molecule has 0 radical (unpaired) electrons. The zero-order chi connectivity index (χ0) is 15.1. The van der Waals surface area contributed by atoms with Gasteiger partial charge in [-0.3, -0.25) is 19.5 Å². The molecule has 0 saturated carbocycles. The van der Waals surface area contributed by atoms with Crippen LogP contribution in [-0.2, 0) is 0 Å². The maximum Gasteiger partial charge on any atom is 0.337 e. The van der Waals surface area contributed by atoms with Gasteiger partial charge in [0.2, 0.25) is 0 Å². The third kappa shape index (κ3) is 9.39. The van der Waals surface area contributed by atoms with Crippen LogP contribution in [0.3, 0.4) is 0 Å². The first-order valence-electron chi connectivity index (χ1n) is 5.68. The normalized spacial score (nSPS) is 7.79. The van der Waals surface area contributed by atoms with Crippen LogP contribution in [0.4, 0.5) is 4.70 Å². The molecule has 0 bridgehead atoms. The van der Waals surface area contributed by atoms with E-state index in [2.05, 4.69) is 9.97 Å². The fourth-order valence-electron chi connectivity index (χ4n) is 1.36. The average molecular weight is 402 g/mol. The molecule has 0 aliphatic rings. The standard InChI is InChI=1S/C7H6ClNO.C7H7NO2.CH4.2ClH.FH/c1-5-2-3-9-4-6(5)7(8)10;1-5-2-3-8-4-6(5)7(9)10;;;;/h2-4H,1H3;2-4H,1H3,(H,9,10);1H4;3*1H. The van der Waals surface area contributed by atoms with E-state index >= 15 is 0 Å². The van der Waals surface area contributed by atoms with Crippen molar-refractivity contribution in [3.63, 3.8) is 0 Å². The van der Waals surface area contributed by atoms with Crippen LogP contribution in [-0.4, -0.2) is 26.3 Å². The van der Waals surface area contributed by atoms with E-state index in [1.165, 1.54) is 12.4 Å². The van der Waals surface area contributed by atoms with E-state index in [0.717, 1.165) is 11.1 Å². The van der Waals surface area contributed by atoms with E-state index in [0.29, 0.717) is 5.56 Å². The van der Waals surface area contributed by atoms with Crippen LogP contribution in [0.5, 0.6) is 0 Å². The quantitative estimate of drug-likeness (QED) is 0.750. The summed E-state index contributed by atoms with van der Waals surface area (Å²) < 4.78 is 0. The predicted octanol–water partition coefficient (Wildman–Crippen LogP) is 4.49. The number of aryl methyl sites for hydroxylation is 2. The molecule has 0 aliphatic heterocycles. The SMILES string of the molecule is C.Cc1ccncc1C(=O)Cl.Cc1ccncc1C(=O)O.Cl.Cl.F. The molecule has 0 spiro atoms. The fourth-order valence-corrected chi connectivity index (χ4v) is 1.56. The van der Waals surface area contributed by atoms with Crippen LogP contribution in [0, 0.1) is 13.8 Å². The summed E-state index contributed by atoms with van der Waals surface area (Å²) in [4.78, 5) is 28.4. The number of rotatable bonds is 2. The number of nitrogens with zero attached hydrogens (tertiary/aromatic N) is 2. The van der Waals surface area contributed by atoms with E-state index in [-0.39, 0.29) is 42.5 Å². The molecule has 2 aromatic heterocycles. The van der Waals surface area contributed by atoms with Crippen molar-refractivity contribution in [3.05, 3.63) is 59.2 Å². The molecule has 5 nitrogen and oxygen atoms in total. The van der Waals surface area contributed by atoms with Crippen molar-refractivity contribution >= 4 is 47.6 Å². The third-order valence-electron chi connectivity index (χ3n) is 2.52. The van der Waals surface area contributed by atoms with Gasteiger partial charge < -0.3 is 5.11 Å². The lowest BCUT2D eigenvalue weighted by molar-refractivity contribution is 0.0695. The van der Waals surface area contributed by atoms with E-state index in [1.54, 1.807) is 31.5 Å². The Morgan fingerprint density at radius 3 is 1.54 bits per heavy atom. The Kier molecular flexibility index (Phi) is 18.6. The second-order valence-electron chi connectivity index (χ2n) is 3.96. The molecular weight excluding hydrogens is 382 g/mol. The topological polar surface area (TPSA) is 80.2 Å². The molecule has 0 aromatic carbocycles. The highest BCUT2D eigenvalue weighted by Gasteiger charge is 2.04. The van der Waals surface area contributed by atoms with Crippen molar-refractivity contribution in [2.45, 2.75) is 21.3 Å². The number of hydrogen-bond acceptors (Lipinski definition) is 4. The van der Waals surface area contributed by atoms with E-state index < -0.39 is 11.2 Å². The number of carboxylic acid groups (broad SMARTS) is 1. The van der Waals surface area contributed by atoms with E-state index in [4.69, 9.17) is 16.7 Å². The lowest BCUT2D eigenvalue weighted by Gasteiger charge is -1.95. The molecule has 0 saturated heterocycles. The summed E-state index contributed by atoms with van der Waals surface area (Å²) in [6.45, 7) is 3.56. The molecule has 1 N–H and O–H groups in total. The van der Waals surface area contributed by atoms with Gasteiger partial charge in [0, 0.05) is 24.8 Å². The second kappa shape index (κ2) is 14.8. The van der Waals surface area contributed by atoms with Gasteiger partial charge >= 0.3 is 5.97 Å². The van der Waals surface area contributed by atoms with Crippen molar-refractivity contribution < 1.29 is 19.4 Å². The van der Waals surface area contributed by atoms with Crippen LogP contribution < -0.4 is 0 Å². The molecule has 136 valence electrons. The summed E-state index contributed by atoms with van der Waals surface area (Å²) in [5, 5.41) is 8.07. The predicted molar refractivity (Wildman–Crippen MR) is 98.8 cm³/mol. The first kappa shape index (κ1) is 30.2. The maximum atomic E-state index is 10.6. The summed E-state index contributed by atoms with van der Waals surface area (Å²) in [6, 6.07) is 3.42. The van der Waals surface area contributed by atoms with Gasteiger partial charge in [0.05, 0.1) is 11.1 Å². The maximum absolute atomic E-state index is 10.6. The monoisotopic (exact) mass is 400 g/mol. The van der Waals surface area contributed by atoms with Gasteiger partial charge in [0.15, 0.2) is 0 Å². The Morgan fingerprint density at radius 2 is 1.33 bits per heavy atom. The molecule has 0 unspecified atom stereocenters. The average Bonchev–Trinajstić information content (AvgIpc) is 2.40. The van der Waals surface area contributed by atoms with Crippen molar-refractivity contribution in [1.82, 2.24) is 9.97 Å². The fraction of sp³-hybridized carbons (Fsp3) is 0.200. The first-order valence-corrected chi connectivity index (χ1v) is 6.05. The van der Waals surface area contributed by atoms with Gasteiger partial charge in [-0.15, -0.1) is 24.8 Å². The summed E-state index contributed by atoms with van der Waals surface area (Å²) in [5.74, 6) is -0.925. The summed E-state index contributed by atoms with van der Waals surface area (Å²) >= 11 is 5.23. The molecule has 0 aliphatic carbocycles. The summed E-state index contributed by atoms with van der Waals surface area (Å²) in [6.07, 6.45) is 6.00. The Hall–Kier alpha value is -1.76. The lowest BCUT2D eigenvalue weighted by Crippen LogP contribution is -1.99. The minimum Gasteiger partial charge on any atom is -0.478 e. The molecule has 2 heterocycles. The van der Waals surface area contributed by atoms with Crippen LogP contribution in [0.1, 0.15) is 39.3 Å². The van der Waals surface area contributed by atoms with Crippen molar-refractivity contribution in [2.24, 2.45) is 0 Å². The van der Waals surface area contributed by atoms with Crippen LogP contribution >= 0.6 is 36.4 Å². The number of carbonyl (C=O) groups is 2. The Balaban J connectivity index is -0.000000143. The smallest absolute Gasteiger partial charge is 0.337 e. The Labute approximate surface area is 157 Å². The highest BCUT2D eigenvalue weighted by atomic mass is 35.5. The number of halogens is 4. The van der Waals surface area contributed by atoms with Crippen molar-refractivity contribution in [1.29, 1.82) is 0 Å². The molecular formula is C15H20Cl3FN2O3. The van der Waals surface area contributed by atoms with Gasteiger partial charge in [0.25, 0.3) is 5.24 Å². The minimum absolute atomic E-state index is 0. The largest absolute Gasteiger partial charge is 0.478 e. The van der Waals surface area contributed by atoms with Gasteiger partial charge in [-0.1, -0.05) is 7.43 Å². The first-order chi connectivity index (χ1) is 9.43. The summed E-state index contributed by atoms with van der Waals surface area (Å²) in [5.41, 5.74) is 2.34.